The van der Waals surface area contributed by atoms with Crippen molar-refractivity contribution in [1.82, 2.24) is 10.2 Å². The van der Waals surface area contributed by atoms with Crippen molar-refractivity contribution in [2.24, 2.45) is 0 Å². The second-order valence-electron chi connectivity index (χ2n) is 7.63. The zero-order valence-electron chi connectivity index (χ0n) is 17.4. The Morgan fingerprint density at radius 1 is 0.964 bits per heavy atom. The lowest BCUT2D eigenvalue weighted by molar-refractivity contribution is -0.141. The van der Waals surface area contributed by atoms with Crippen LogP contribution in [-0.4, -0.2) is 28.8 Å². The number of carbonyl (C=O) groups excluding carboxylic acids is 2. The van der Waals surface area contributed by atoms with E-state index in [-0.39, 0.29) is 17.9 Å². The minimum Gasteiger partial charge on any atom is -0.352 e. The zero-order chi connectivity index (χ0) is 20.5. The second kappa shape index (κ2) is 10.6. The molecule has 0 unspecified atom stereocenters. The van der Waals surface area contributed by atoms with Crippen molar-refractivity contribution in [2.45, 2.75) is 65.6 Å². The number of hydrogen-bond donors (Lipinski definition) is 1. The third kappa shape index (κ3) is 6.52. The first-order valence-electron chi connectivity index (χ1n) is 10.1. The van der Waals surface area contributed by atoms with E-state index in [1.54, 1.807) is 4.90 Å². The molecular formula is C24H32N2O2. The first kappa shape index (κ1) is 21.7. The van der Waals surface area contributed by atoms with E-state index in [0.717, 1.165) is 17.5 Å². The molecule has 0 radical (unpaired) electrons. The number of rotatable bonds is 9. The van der Waals surface area contributed by atoms with Gasteiger partial charge < -0.3 is 10.2 Å². The van der Waals surface area contributed by atoms with Crippen molar-refractivity contribution in [1.29, 1.82) is 0 Å². The summed E-state index contributed by atoms with van der Waals surface area (Å²) in [4.78, 5) is 27.8. The number of nitrogens with zero attached hydrogens (tertiary/aromatic N) is 1. The van der Waals surface area contributed by atoms with Crippen molar-refractivity contribution in [3.8, 4) is 0 Å². The average Bonchev–Trinajstić information content (AvgIpc) is 2.66. The highest BCUT2D eigenvalue weighted by Gasteiger charge is 2.30. The fourth-order valence-electron chi connectivity index (χ4n) is 3.18. The molecule has 0 spiro atoms. The molecule has 2 rings (SSSR count). The summed E-state index contributed by atoms with van der Waals surface area (Å²) in [6.45, 7) is 8.34. The van der Waals surface area contributed by atoms with Gasteiger partial charge in [0.1, 0.15) is 6.04 Å². The summed E-state index contributed by atoms with van der Waals surface area (Å²) >= 11 is 0. The molecule has 2 amide bonds. The lowest BCUT2D eigenvalue weighted by Crippen LogP contribution is -2.51. The Hall–Kier alpha value is -2.62. The normalized spacial score (nSPS) is 11.9. The lowest BCUT2D eigenvalue weighted by atomic mass is 10.0. The number of carbonyl (C=O) groups is 2. The fourth-order valence-corrected chi connectivity index (χ4v) is 3.18. The van der Waals surface area contributed by atoms with Crippen molar-refractivity contribution in [2.75, 3.05) is 0 Å². The number of amides is 2. The van der Waals surface area contributed by atoms with Crippen LogP contribution in [0.2, 0.25) is 0 Å². The van der Waals surface area contributed by atoms with E-state index in [1.807, 2.05) is 82.3 Å². The van der Waals surface area contributed by atoms with Gasteiger partial charge in [0.2, 0.25) is 11.8 Å². The highest BCUT2D eigenvalue weighted by Crippen LogP contribution is 2.17. The Morgan fingerprint density at radius 2 is 1.61 bits per heavy atom. The maximum atomic E-state index is 13.0. The van der Waals surface area contributed by atoms with Crippen LogP contribution in [0, 0.1) is 6.92 Å². The van der Waals surface area contributed by atoms with E-state index in [9.17, 15) is 9.59 Å². The number of hydrogen-bond acceptors (Lipinski definition) is 2. The Kier molecular flexibility index (Phi) is 8.24. The minimum absolute atomic E-state index is 0.0166. The van der Waals surface area contributed by atoms with Crippen LogP contribution in [0.25, 0.3) is 0 Å². The highest BCUT2D eigenvalue weighted by atomic mass is 16.2. The first-order chi connectivity index (χ1) is 13.4. The summed E-state index contributed by atoms with van der Waals surface area (Å²) in [5.41, 5.74) is 3.25. The smallest absolute Gasteiger partial charge is 0.243 e. The molecule has 150 valence electrons. The molecule has 4 nitrogen and oxygen atoms in total. The van der Waals surface area contributed by atoms with E-state index in [0.29, 0.717) is 19.4 Å². The maximum absolute atomic E-state index is 13.0. The van der Waals surface area contributed by atoms with Gasteiger partial charge in [-0.3, -0.25) is 9.59 Å². The van der Waals surface area contributed by atoms with Crippen molar-refractivity contribution in [3.05, 3.63) is 71.3 Å². The van der Waals surface area contributed by atoms with Crippen molar-refractivity contribution < 1.29 is 9.59 Å². The summed E-state index contributed by atoms with van der Waals surface area (Å²) < 4.78 is 0. The minimum atomic E-state index is -0.537. The first-order valence-corrected chi connectivity index (χ1v) is 10.1. The summed E-state index contributed by atoms with van der Waals surface area (Å²) in [5.74, 6) is -0.0849. The van der Waals surface area contributed by atoms with Gasteiger partial charge in [0.05, 0.1) is 0 Å². The van der Waals surface area contributed by atoms with Crippen LogP contribution >= 0.6 is 0 Å². The van der Waals surface area contributed by atoms with E-state index < -0.39 is 6.04 Å². The van der Waals surface area contributed by atoms with E-state index >= 15 is 0 Å². The second-order valence-corrected chi connectivity index (χ2v) is 7.63. The van der Waals surface area contributed by atoms with Gasteiger partial charge in [-0.05, 0) is 38.3 Å². The molecule has 2 aromatic rings. The van der Waals surface area contributed by atoms with Gasteiger partial charge in [0, 0.05) is 25.4 Å². The largest absolute Gasteiger partial charge is 0.352 e. The Bertz CT molecular complexity index is 754. The van der Waals surface area contributed by atoms with Gasteiger partial charge in [-0.2, -0.15) is 0 Å². The number of nitrogens with one attached hydrogen (secondary N) is 1. The highest BCUT2D eigenvalue weighted by molar-refractivity contribution is 5.88. The van der Waals surface area contributed by atoms with Crippen LogP contribution in [0.4, 0.5) is 0 Å². The van der Waals surface area contributed by atoms with Gasteiger partial charge in [0.15, 0.2) is 0 Å². The van der Waals surface area contributed by atoms with Crippen LogP contribution in [0.1, 0.15) is 50.3 Å². The molecule has 0 saturated carbocycles. The quantitative estimate of drug-likeness (QED) is 0.707. The summed E-state index contributed by atoms with van der Waals surface area (Å²) in [7, 11) is 0. The molecule has 1 N–H and O–H groups in total. The molecule has 0 fully saturated rings. The summed E-state index contributed by atoms with van der Waals surface area (Å²) in [6.07, 6.45) is 1.69. The maximum Gasteiger partial charge on any atom is 0.243 e. The van der Waals surface area contributed by atoms with E-state index in [2.05, 4.69) is 5.32 Å². The van der Waals surface area contributed by atoms with Crippen LogP contribution in [0.3, 0.4) is 0 Å². The van der Waals surface area contributed by atoms with Gasteiger partial charge in [-0.15, -0.1) is 0 Å². The van der Waals surface area contributed by atoms with Crippen molar-refractivity contribution in [3.63, 3.8) is 0 Å². The van der Waals surface area contributed by atoms with Gasteiger partial charge in [-0.1, -0.05) is 67.1 Å². The van der Waals surface area contributed by atoms with Gasteiger partial charge >= 0.3 is 0 Å². The fraction of sp³-hybridized carbons (Fsp3) is 0.417. The molecule has 28 heavy (non-hydrogen) atoms. The molecule has 0 aliphatic carbocycles. The van der Waals surface area contributed by atoms with Crippen LogP contribution in [-0.2, 0) is 22.6 Å². The number of benzene rings is 2. The molecular weight excluding hydrogens is 348 g/mol. The Morgan fingerprint density at radius 3 is 2.18 bits per heavy atom. The molecule has 0 bridgehead atoms. The van der Waals surface area contributed by atoms with Crippen molar-refractivity contribution >= 4 is 11.8 Å². The molecule has 2 aromatic carbocycles. The summed E-state index contributed by atoms with van der Waals surface area (Å²) in [5, 5.41) is 3.00. The standard InChI is InChI=1S/C24H32N2O2/c1-5-9-23(27)26(17-21-14-12-19(4)13-15-21)22(24(28)25-18(2)3)16-20-10-7-6-8-11-20/h6-8,10-15,18,22H,5,9,16-17H2,1-4H3,(H,25,28)/t22-/m1/s1. The lowest BCUT2D eigenvalue weighted by Gasteiger charge is -2.32. The van der Waals surface area contributed by atoms with Gasteiger partial charge in [-0.25, -0.2) is 0 Å². The van der Waals surface area contributed by atoms with E-state index in [4.69, 9.17) is 0 Å². The predicted molar refractivity (Wildman–Crippen MR) is 114 cm³/mol. The molecule has 0 saturated heterocycles. The monoisotopic (exact) mass is 380 g/mol. The molecule has 0 aliphatic rings. The molecule has 0 aromatic heterocycles. The average molecular weight is 381 g/mol. The van der Waals surface area contributed by atoms with Crippen LogP contribution in [0.5, 0.6) is 0 Å². The van der Waals surface area contributed by atoms with Gasteiger partial charge in [0.25, 0.3) is 0 Å². The predicted octanol–water partition coefficient (Wildman–Crippen LogP) is 4.26. The Balaban J connectivity index is 2.35. The summed E-state index contributed by atoms with van der Waals surface area (Å²) in [6, 6.07) is 17.5. The zero-order valence-corrected chi connectivity index (χ0v) is 17.4. The molecule has 4 heteroatoms. The van der Waals surface area contributed by atoms with Crippen LogP contribution in [0.15, 0.2) is 54.6 Å². The third-order valence-corrected chi connectivity index (χ3v) is 4.64. The third-order valence-electron chi connectivity index (χ3n) is 4.64. The molecule has 0 heterocycles. The van der Waals surface area contributed by atoms with Crippen LogP contribution < -0.4 is 5.32 Å². The Labute approximate surface area is 169 Å². The topological polar surface area (TPSA) is 49.4 Å². The number of aryl methyl sites for hydroxylation is 1. The molecule has 0 aliphatic heterocycles. The van der Waals surface area contributed by atoms with E-state index in [1.165, 1.54) is 5.56 Å². The molecule has 1 atom stereocenters. The SMILES string of the molecule is CCCC(=O)N(Cc1ccc(C)cc1)[C@H](Cc1ccccc1)C(=O)NC(C)C.